The molecule has 190 valence electrons. The lowest BCUT2D eigenvalue weighted by Gasteiger charge is -2.46. The molecule has 0 aliphatic carbocycles. The molecule has 1 atom stereocenters. The van der Waals surface area contributed by atoms with Crippen LogP contribution in [0.3, 0.4) is 0 Å². The molecule has 0 spiro atoms. The van der Waals surface area contributed by atoms with Crippen LogP contribution in [0.15, 0.2) is 53.1 Å². The van der Waals surface area contributed by atoms with Crippen molar-refractivity contribution in [2.24, 2.45) is 5.73 Å². The summed E-state index contributed by atoms with van der Waals surface area (Å²) >= 11 is 0. The second-order valence-corrected chi connectivity index (χ2v) is 8.86. The summed E-state index contributed by atoms with van der Waals surface area (Å²) in [7, 11) is 0. The first kappa shape index (κ1) is 25.2. The number of anilines is 3. The van der Waals surface area contributed by atoms with Gasteiger partial charge in [-0.2, -0.15) is 0 Å². The molecule has 0 bridgehead atoms. The van der Waals surface area contributed by atoms with Gasteiger partial charge in [-0.15, -0.1) is 0 Å². The number of piperazine rings is 1. The van der Waals surface area contributed by atoms with Gasteiger partial charge in [0.2, 0.25) is 5.91 Å². The van der Waals surface area contributed by atoms with E-state index in [1.807, 2.05) is 42.2 Å². The Bertz CT molecular complexity index is 1220. The van der Waals surface area contributed by atoms with Crippen LogP contribution in [0.25, 0.3) is 0 Å². The maximum absolute atomic E-state index is 15.1. The number of urea groups is 1. The van der Waals surface area contributed by atoms with Gasteiger partial charge in [0.25, 0.3) is 0 Å². The Morgan fingerprint density at radius 3 is 2.33 bits per heavy atom. The fourth-order valence-electron chi connectivity index (χ4n) is 4.90. The molecular formula is C26H31FN6O3. The van der Waals surface area contributed by atoms with Crippen LogP contribution in [0, 0.1) is 19.7 Å². The second kappa shape index (κ2) is 10.4. The van der Waals surface area contributed by atoms with E-state index in [0.717, 1.165) is 5.56 Å². The smallest absolute Gasteiger partial charge is 0.323 e. The summed E-state index contributed by atoms with van der Waals surface area (Å²) in [6.07, 6.45) is 0.539. The quantitative estimate of drug-likeness (QED) is 0.457. The molecule has 0 saturated carbocycles. The fraction of sp³-hybridized carbons (Fsp3) is 0.346. The van der Waals surface area contributed by atoms with Gasteiger partial charge in [-0.25, -0.2) is 9.18 Å². The SMILES string of the molecule is CCC(C(N)=O)(c1ccccc1)N1CCN(c2ccc(NC(=O)Nc3c(C)noc3C)cc2F)CC1. The van der Waals surface area contributed by atoms with Crippen LogP contribution in [0.4, 0.5) is 26.2 Å². The van der Waals surface area contributed by atoms with Gasteiger partial charge in [0.15, 0.2) is 5.76 Å². The number of aryl methyl sites for hydroxylation is 2. The fourth-order valence-corrected chi connectivity index (χ4v) is 4.90. The normalized spacial score (nSPS) is 15.8. The van der Waals surface area contributed by atoms with E-state index in [1.54, 1.807) is 26.0 Å². The van der Waals surface area contributed by atoms with Gasteiger partial charge in [0, 0.05) is 31.9 Å². The molecule has 2 aromatic carbocycles. The van der Waals surface area contributed by atoms with Gasteiger partial charge in [-0.05, 0) is 44.0 Å². The number of carbonyl (C=O) groups excluding carboxylic acids is 2. The molecule has 36 heavy (non-hydrogen) atoms. The minimum absolute atomic E-state index is 0.321. The van der Waals surface area contributed by atoms with Crippen molar-refractivity contribution >= 4 is 29.0 Å². The van der Waals surface area contributed by atoms with Crippen molar-refractivity contribution in [3.8, 4) is 0 Å². The van der Waals surface area contributed by atoms with E-state index in [-0.39, 0.29) is 5.91 Å². The maximum Gasteiger partial charge on any atom is 0.323 e. The third-order valence-corrected chi connectivity index (χ3v) is 6.81. The molecule has 1 unspecified atom stereocenters. The Labute approximate surface area is 209 Å². The Morgan fingerprint density at radius 2 is 1.78 bits per heavy atom. The van der Waals surface area contributed by atoms with Gasteiger partial charge in [-0.1, -0.05) is 42.4 Å². The molecule has 1 aliphatic heterocycles. The highest BCUT2D eigenvalue weighted by Crippen LogP contribution is 2.34. The highest BCUT2D eigenvalue weighted by Gasteiger charge is 2.43. The standard InChI is InChI=1S/C26H31FN6O3/c1-4-26(24(28)34,19-8-6-5-7-9-19)33-14-12-32(13-15-33)22-11-10-20(16-21(22)27)29-25(35)30-23-17(2)31-36-18(23)3/h5-11,16H,4,12-15H2,1-3H3,(H2,28,34)(H2,29,30,35). The topological polar surface area (TPSA) is 117 Å². The highest BCUT2D eigenvalue weighted by atomic mass is 19.1. The molecule has 1 fully saturated rings. The lowest BCUT2D eigenvalue weighted by atomic mass is 9.84. The first-order valence-electron chi connectivity index (χ1n) is 11.9. The number of hydrogen-bond donors (Lipinski definition) is 3. The summed E-state index contributed by atoms with van der Waals surface area (Å²) in [6, 6.07) is 13.6. The number of aromatic nitrogens is 1. The number of nitrogens with one attached hydrogen (secondary N) is 2. The van der Waals surface area contributed by atoms with E-state index in [2.05, 4.69) is 20.7 Å². The highest BCUT2D eigenvalue weighted by molar-refractivity contribution is 6.00. The van der Waals surface area contributed by atoms with E-state index in [9.17, 15) is 9.59 Å². The summed E-state index contributed by atoms with van der Waals surface area (Å²) in [5.74, 6) is -0.349. The van der Waals surface area contributed by atoms with Crippen LogP contribution in [-0.2, 0) is 10.3 Å². The largest absolute Gasteiger partial charge is 0.368 e. The van der Waals surface area contributed by atoms with Crippen LogP contribution in [0.2, 0.25) is 0 Å². The monoisotopic (exact) mass is 494 g/mol. The molecule has 3 amide bonds. The Kier molecular flexibility index (Phi) is 7.25. The van der Waals surface area contributed by atoms with Gasteiger partial charge in [0.05, 0.1) is 5.69 Å². The molecule has 4 N–H and O–H groups in total. The predicted molar refractivity (Wildman–Crippen MR) is 136 cm³/mol. The van der Waals surface area contributed by atoms with Gasteiger partial charge < -0.3 is 25.8 Å². The molecule has 1 aliphatic rings. The van der Waals surface area contributed by atoms with Crippen LogP contribution in [-0.4, -0.2) is 48.2 Å². The van der Waals surface area contributed by atoms with Crippen molar-refractivity contribution in [1.82, 2.24) is 10.1 Å². The van der Waals surface area contributed by atoms with Gasteiger partial charge >= 0.3 is 6.03 Å². The van der Waals surface area contributed by atoms with Crippen LogP contribution >= 0.6 is 0 Å². The molecule has 4 rings (SSSR count). The molecular weight excluding hydrogens is 463 g/mol. The lowest BCUT2D eigenvalue weighted by Crippen LogP contribution is -2.60. The number of nitrogens with two attached hydrogens (primary N) is 1. The number of primary amides is 1. The van der Waals surface area contributed by atoms with Crippen molar-refractivity contribution < 1.29 is 18.5 Å². The van der Waals surface area contributed by atoms with E-state index in [4.69, 9.17) is 10.3 Å². The number of carbonyl (C=O) groups is 2. The minimum Gasteiger partial charge on any atom is -0.368 e. The molecule has 0 radical (unpaired) electrons. The van der Waals surface area contributed by atoms with Crippen LogP contribution < -0.4 is 21.3 Å². The zero-order valence-electron chi connectivity index (χ0n) is 20.7. The lowest BCUT2D eigenvalue weighted by molar-refractivity contribution is -0.131. The predicted octanol–water partition coefficient (Wildman–Crippen LogP) is 3.99. The zero-order valence-corrected chi connectivity index (χ0v) is 20.7. The zero-order chi connectivity index (χ0) is 25.9. The molecule has 9 nitrogen and oxygen atoms in total. The Balaban J connectivity index is 1.43. The summed E-state index contributed by atoms with van der Waals surface area (Å²) < 4.78 is 20.1. The Morgan fingerprint density at radius 1 is 1.08 bits per heavy atom. The number of hydrogen-bond acceptors (Lipinski definition) is 6. The van der Waals surface area contributed by atoms with Crippen LogP contribution in [0.1, 0.15) is 30.4 Å². The van der Waals surface area contributed by atoms with Crippen molar-refractivity contribution in [3.05, 3.63) is 71.4 Å². The second-order valence-electron chi connectivity index (χ2n) is 8.86. The third kappa shape index (κ3) is 4.76. The average Bonchev–Trinajstić information content (AvgIpc) is 3.18. The van der Waals surface area contributed by atoms with Gasteiger partial charge in [0.1, 0.15) is 22.7 Å². The summed E-state index contributed by atoms with van der Waals surface area (Å²) in [6.45, 7) is 7.51. The molecule has 10 heteroatoms. The Hall–Kier alpha value is -3.92. The first-order chi connectivity index (χ1) is 17.3. The summed E-state index contributed by atoms with van der Waals surface area (Å²) in [5, 5.41) is 9.10. The van der Waals surface area contributed by atoms with E-state index in [1.165, 1.54) is 6.07 Å². The number of amides is 3. The summed E-state index contributed by atoms with van der Waals surface area (Å²) in [4.78, 5) is 29.1. The van der Waals surface area contributed by atoms with Crippen molar-refractivity contribution in [1.29, 1.82) is 0 Å². The van der Waals surface area contributed by atoms with E-state index < -0.39 is 17.4 Å². The van der Waals surface area contributed by atoms with Gasteiger partial charge in [-0.3, -0.25) is 9.69 Å². The van der Waals surface area contributed by atoms with E-state index in [0.29, 0.717) is 61.1 Å². The van der Waals surface area contributed by atoms with Crippen molar-refractivity contribution in [2.75, 3.05) is 41.7 Å². The van der Waals surface area contributed by atoms with Crippen LogP contribution in [0.5, 0.6) is 0 Å². The maximum atomic E-state index is 15.1. The van der Waals surface area contributed by atoms with E-state index >= 15 is 4.39 Å². The number of nitrogens with zero attached hydrogens (tertiary/aromatic N) is 3. The molecule has 3 aromatic rings. The summed E-state index contributed by atoms with van der Waals surface area (Å²) in [5.41, 5.74) is 7.68. The molecule has 2 heterocycles. The average molecular weight is 495 g/mol. The number of benzene rings is 2. The minimum atomic E-state index is -0.908. The number of rotatable bonds is 7. The number of halogens is 1. The van der Waals surface area contributed by atoms with Crippen molar-refractivity contribution in [3.63, 3.8) is 0 Å². The molecule has 1 aromatic heterocycles. The third-order valence-electron chi connectivity index (χ3n) is 6.81. The first-order valence-corrected chi connectivity index (χ1v) is 11.9. The molecule has 1 saturated heterocycles. The van der Waals surface area contributed by atoms with Crippen molar-refractivity contribution in [2.45, 2.75) is 32.7 Å².